The first kappa shape index (κ1) is 89.2. The summed E-state index contributed by atoms with van der Waals surface area (Å²) in [4.78, 5) is 37.7. The van der Waals surface area contributed by atoms with Crippen LogP contribution in [0.15, 0.2) is 97.2 Å². The molecule has 538 valence electrons. The highest BCUT2D eigenvalue weighted by Crippen LogP contribution is 2.19. The number of carbonyl (C=O) groups excluding carboxylic acids is 2. The van der Waals surface area contributed by atoms with E-state index < -0.39 is 18.4 Å². The summed E-state index contributed by atoms with van der Waals surface area (Å²) in [6.07, 6.45) is 99.8. The summed E-state index contributed by atoms with van der Waals surface area (Å²) in [6.45, 7) is 4.80. The van der Waals surface area contributed by atoms with Crippen LogP contribution in [0.5, 0.6) is 0 Å². The van der Waals surface area contributed by atoms with E-state index >= 15 is 0 Å². The van der Waals surface area contributed by atoms with Crippen molar-refractivity contribution in [3.05, 3.63) is 97.2 Å². The molecule has 0 aromatic carbocycles. The smallest absolute Gasteiger partial charge is 0.361 e. The quantitative estimate of drug-likeness (QED) is 0.0211. The first-order valence-electron chi connectivity index (χ1n) is 39.4. The number of carboxylic acids is 1. The molecule has 1 N–H and O–H groups in total. The van der Waals surface area contributed by atoms with Crippen molar-refractivity contribution in [1.82, 2.24) is 0 Å². The second-order valence-corrected chi connectivity index (χ2v) is 27.6. The van der Waals surface area contributed by atoms with Crippen LogP contribution in [0.4, 0.5) is 0 Å². The van der Waals surface area contributed by atoms with Crippen molar-refractivity contribution in [2.75, 3.05) is 47.5 Å². The van der Waals surface area contributed by atoms with Crippen molar-refractivity contribution in [3.8, 4) is 0 Å². The number of carbonyl (C=O) groups is 3. The van der Waals surface area contributed by atoms with E-state index in [4.69, 9.17) is 18.9 Å². The molecule has 93 heavy (non-hydrogen) atoms. The predicted molar refractivity (Wildman–Crippen MR) is 401 cm³/mol. The third-order valence-electron chi connectivity index (χ3n) is 17.3. The van der Waals surface area contributed by atoms with E-state index in [-0.39, 0.29) is 38.2 Å². The maximum Gasteiger partial charge on any atom is 0.361 e. The largest absolute Gasteiger partial charge is 0.477 e. The lowest BCUT2D eigenvalue weighted by Gasteiger charge is -2.25. The molecule has 9 nitrogen and oxygen atoms in total. The number of unbranched alkanes of at least 4 members (excludes halogenated alkanes) is 42. The number of carboxylic acid groups (broad SMARTS) is 1. The Morgan fingerprint density at radius 2 is 0.613 bits per heavy atom. The second kappa shape index (κ2) is 74.0. The van der Waals surface area contributed by atoms with Crippen LogP contribution in [0.1, 0.15) is 361 Å². The third kappa shape index (κ3) is 75.5. The molecule has 0 amide bonds. The van der Waals surface area contributed by atoms with Gasteiger partial charge in [0, 0.05) is 12.8 Å². The van der Waals surface area contributed by atoms with Crippen molar-refractivity contribution in [2.24, 2.45) is 0 Å². The van der Waals surface area contributed by atoms with E-state index in [1.807, 2.05) is 21.1 Å². The van der Waals surface area contributed by atoms with Gasteiger partial charge in [0.1, 0.15) is 13.2 Å². The highest BCUT2D eigenvalue weighted by atomic mass is 16.7. The lowest BCUT2D eigenvalue weighted by atomic mass is 10.0. The fourth-order valence-corrected chi connectivity index (χ4v) is 11.3. The van der Waals surface area contributed by atoms with Crippen molar-refractivity contribution in [1.29, 1.82) is 0 Å². The predicted octanol–water partition coefficient (Wildman–Crippen LogP) is 25.1. The molecule has 0 rings (SSSR count). The number of hydrogen-bond acceptors (Lipinski definition) is 7. The minimum atomic E-state index is -1.51. The lowest BCUT2D eigenvalue weighted by Crippen LogP contribution is -2.40. The molecule has 0 heterocycles. The number of rotatable bonds is 73. The second-order valence-electron chi connectivity index (χ2n) is 27.6. The number of hydrogen-bond donors (Lipinski definition) is 1. The molecule has 0 bridgehead atoms. The van der Waals surface area contributed by atoms with E-state index in [1.54, 1.807) is 0 Å². The summed E-state index contributed by atoms with van der Waals surface area (Å²) < 4.78 is 23.1. The Bertz CT molecular complexity index is 1850. The average Bonchev–Trinajstić information content (AvgIpc) is 3.73. The van der Waals surface area contributed by atoms with Gasteiger partial charge in [0.25, 0.3) is 6.29 Å². The minimum Gasteiger partial charge on any atom is -0.477 e. The summed E-state index contributed by atoms with van der Waals surface area (Å²) in [5.41, 5.74) is 0. The Labute approximate surface area is 575 Å². The third-order valence-corrected chi connectivity index (χ3v) is 17.3. The summed E-state index contributed by atoms with van der Waals surface area (Å²) in [5, 5.41) is 9.77. The topological polar surface area (TPSA) is 108 Å². The molecule has 0 spiro atoms. The highest BCUT2D eigenvalue weighted by Gasteiger charge is 2.25. The van der Waals surface area contributed by atoms with Crippen molar-refractivity contribution in [2.45, 2.75) is 373 Å². The summed E-state index contributed by atoms with van der Waals surface area (Å²) in [7, 11) is 5.99. The molecule has 9 heteroatoms. The van der Waals surface area contributed by atoms with Gasteiger partial charge in [-0.05, 0) is 96.3 Å². The zero-order valence-electron chi connectivity index (χ0n) is 61.7. The molecule has 0 fully saturated rings. The number of aliphatic carboxylic acids is 1. The number of likely N-dealkylation sites (N-methyl/N-ethyl adjacent to an activating group) is 1. The number of nitrogens with zero attached hydrogens (tertiary/aromatic N) is 1. The highest BCUT2D eigenvalue weighted by molar-refractivity contribution is 5.71. The van der Waals surface area contributed by atoms with Crippen LogP contribution >= 0.6 is 0 Å². The Kier molecular flexibility index (Phi) is 71.0. The van der Waals surface area contributed by atoms with Crippen LogP contribution in [-0.2, 0) is 33.3 Å². The van der Waals surface area contributed by atoms with Gasteiger partial charge < -0.3 is 28.5 Å². The summed E-state index contributed by atoms with van der Waals surface area (Å²) >= 11 is 0. The average molecular weight is 1300 g/mol. The van der Waals surface area contributed by atoms with Gasteiger partial charge in [-0.3, -0.25) is 9.59 Å². The number of quaternary nitrogens is 1. The van der Waals surface area contributed by atoms with Gasteiger partial charge in [0.05, 0.1) is 34.4 Å². The Hall–Kier alpha value is -3.79. The van der Waals surface area contributed by atoms with Crippen LogP contribution in [-0.4, -0.2) is 87.4 Å². The van der Waals surface area contributed by atoms with E-state index in [9.17, 15) is 19.5 Å². The van der Waals surface area contributed by atoms with E-state index in [2.05, 4.69) is 111 Å². The molecule has 0 aromatic heterocycles. The fourth-order valence-electron chi connectivity index (χ4n) is 11.3. The molecule has 0 aliphatic carbocycles. The normalized spacial score (nSPS) is 13.2. The van der Waals surface area contributed by atoms with Crippen LogP contribution in [0, 0.1) is 0 Å². The molecule has 0 radical (unpaired) electrons. The van der Waals surface area contributed by atoms with Gasteiger partial charge >= 0.3 is 17.9 Å². The van der Waals surface area contributed by atoms with Crippen molar-refractivity contribution < 1.29 is 42.9 Å². The first-order valence-corrected chi connectivity index (χ1v) is 39.4. The van der Waals surface area contributed by atoms with Crippen LogP contribution in [0.3, 0.4) is 0 Å². The van der Waals surface area contributed by atoms with E-state index in [1.165, 1.54) is 250 Å². The molecule has 2 unspecified atom stereocenters. The first-order chi connectivity index (χ1) is 45.6. The lowest BCUT2D eigenvalue weighted by molar-refractivity contribution is -0.870. The standard InChI is InChI=1S/C84H149NO8/c1-6-8-10-12-14-16-18-20-22-24-26-28-30-32-34-36-38-39-40-41-42-43-45-47-49-51-53-55-57-59-61-63-65-67-69-71-73-75-82(87)93-80(79-92-84(83(88)89)90-77-76-85(3,4)5)78-91-81(86)74-72-70-68-66-64-62-60-58-56-54-52-50-48-46-44-37-35-33-31-29-27-25-23-21-19-17-15-13-11-9-7-2/h8,10,14,16,19-22,25-28,31-34,80,84H,6-7,9,11-13,15,17-18,23-24,29-30,35-79H2,1-5H3/p+1/b10-8-,16-14-,21-19-,22-20-,27-25-,28-26-,33-31-,34-32-. The SMILES string of the molecule is CC/C=C\C/C=C\C/C=C\C/C=C\C/C=C\CCCCCCCCCCCCCCCCCCCCCCCC(=O)OC(COC(=O)CCCCCCCCCCCCCCCCCC/C=C\C/C=C\C/C=C\CCCCCCC)COC(OCC[N+](C)(C)C)C(=O)O. The fraction of sp³-hybridized carbons (Fsp3) is 0.774. The van der Waals surface area contributed by atoms with Crippen molar-refractivity contribution >= 4 is 17.9 Å². The zero-order valence-corrected chi connectivity index (χ0v) is 61.7. The molecular weight excluding hydrogens is 1150 g/mol. The molecule has 0 saturated heterocycles. The van der Waals surface area contributed by atoms with E-state index in [0.717, 1.165) is 83.5 Å². The van der Waals surface area contributed by atoms with Gasteiger partial charge in [0.2, 0.25) is 0 Å². The van der Waals surface area contributed by atoms with Crippen molar-refractivity contribution in [3.63, 3.8) is 0 Å². The minimum absolute atomic E-state index is 0.181. The van der Waals surface area contributed by atoms with Gasteiger partial charge in [-0.2, -0.15) is 0 Å². The Morgan fingerprint density at radius 3 is 0.914 bits per heavy atom. The number of esters is 2. The van der Waals surface area contributed by atoms with Crippen LogP contribution < -0.4 is 0 Å². The monoisotopic (exact) mass is 1300 g/mol. The van der Waals surface area contributed by atoms with Gasteiger partial charge in [0.15, 0.2) is 6.10 Å². The molecule has 0 aromatic rings. The molecule has 0 aliphatic heterocycles. The van der Waals surface area contributed by atoms with Crippen LogP contribution in [0.2, 0.25) is 0 Å². The van der Waals surface area contributed by atoms with Gasteiger partial charge in [-0.25, -0.2) is 4.79 Å². The zero-order chi connectivity index (χ0) is 67.5. The number of ether oxygens (including phenoxy) is 4. The Morgan fingerprint density at radius 1 is 0.333 bits per heavy atom. The maximum atomic E-state index is 13.0. The van der Waals surface area contributed by atoms with Gasteiger partial charge in [-0.15, -0.1) is 0 Å². The number of allylic oxidation sites excluding steroid dienone is 16. The summed E-state index contributed by atoms with van der Waals surface area (Å²) in [6, 6.07) is 0. The summed E-state index contributed by atoms with van der Waals surface area (Å²) in [5.74, 6) is -1.98. The van der Waals surface area contributed by atoms with E-state index in [0.29, 0.717) is 17.4 Å². The van der Waals surface area contributed by atoms with Gasteiger partial charge in [-0.1, -0.05) is 349 Å². The molecule has 0 saturated carbocycles. The molecule has 0 aliphatic rings. The molecule has 2 atom stereocenters. The maximum absolute atomic E-state index is 13.0. The molecular formula is C84H150NO8+. The van der Waals surface area contributed by atoms with Crippen LogP contribution in [0.25, 0.3) is 0 Å². The Balaban J connectivity index is 4.01.